The van der Waals surface area contributed by atoms with E-state index in [0.29, 0.717) is 22.9 Å². The quantitative estimate of drug-likeness (QED) is 0.824. The summed E-state index contributed by atoms with van der Waals surface area (Å²) in [5.41, 5.74) is 2.05. The number of hydrogen-bond acceptors (Lipinski definition) is 2. The molecule has 0 aliphatic carbocycles. The van der Waals surface area contributed by atoms with Crippen molar-refractivity contribution in [2.45, 2.75) is 5.88 Å². The van der Waals surface area contributed by atoms with Crippen LogP contribution in [0.4, 0.5) is 5.69 Å². The van der Waals surface area contributed by atoms with Crippen LogP contribution in [0.2, 0.25) is 0 Å². The van der Waals surface area contributed by atoms with E-state index in [1.54, 1.807) is 18.2 Å². The first-order chi connectivity index (χ1) is 9.65. The number of nitrogens with one attached hydrogen (secondary N) is 1. The molecule has 2 aromatic rings. The first-order valence-corrected chi connectivity index (χ1v) is 7.27. The Morgan fingerprint density at radius 2 is 2.05 bits per heavy atom. The average Bonchev–Trinajstić information content (AvgIpc) is 2.47. The standard InChI is InChI=1S/C15H13BrClNO2/c1-20-14-8-11(16)6-7-12(14)15(19)18-13-5-3-2-4-10(13)9-17/h2-8H,9H2,1H3,(H,18,19). The second-order valence-electron chi connectivity index (χ2n) is 4.09. The van der Waals surface area contributed by atoms with Crippen molar-refractivity contribution >= 4 is 39.1 Å². The molecule has 0 heterocycles. The van der Waals surface area contributed by atoms with Crippen LogP contribution in [0.1, 0.15) is 15.9 Å². The molecule has 1 amide bonds. The van der Waals surface area contributed by atoms with Gasteiger partial charge in [-0.05, 0) is 29.8 Å². The third-order valence-corrected chi connectivity index (χ3v) is 3.60. The highest BCUT2D eigenvalue weighted by Gasteiger charge is 2.14. The molecular weight excluding hydrogens is 342 g/mol. The first-order valence-electron chi connectivity index (χ1n) is 5.94. The highest BCUT2D eigenvalue weighted by atomic mass is 79.9. The number of carbonyl (C=O) groups is 1. The summed E-state index contributed by atoms with van der Waals surface area (Å²) in [6, 6.07) is 12.7. The molecule has 0 unspecified atom stereocenters. The average molecular weight is 355 g/mol. The Kier molecular flexibility index (Phi) is 5.04. The monoisotopic (exact) mass is 353 g/mol. The van der Waals surface area contributed by atoms with Gasteiger partial charge in [0.15, 0.2) is 0 Å². The highest BCUT2D eigenvalue weighted by molar-refractivity contribution is 9.10. The molecule has 0 bridgehead atoms. The summed E-state index contributed by atoms with van der Waals surface area (Å²) in [5, 5.41) is 2.85. The number of halogens is 2. The van der Waals surface area contributed by atoms with Crippen molar-refractivity contribution < 1.29 is 9.53 Å². The van der Waals surface area contributed by atoms with E-state index >= 15 is 0 Å². The summed E-state index contributed by atoms with van der Waals surface area (Å²) < 4.78 is 6.08. The van der Waals surface area contributed by atoms with Crippen LogP contribution in [0, 0.1) is 0 Å². The summed E-state index contributed by atoms with van der Waals surface area (Å²) in [7, 11) is 1.53. The summed E-state index contributed by atoms with van der Waals surface area (Å²) in [4.78, 5) is 12.3. The lowest BCUT2D eigenvalue weighted by molar-refractivity contribution is 0.102. The fraction of sp³-hybridized carbons (Fsp3) is 0.133. The van der Waals surface area contributed by atoms with Gasteiger partial charge in [-0.2, -0.15) is 0 Å². The van der Waals surface area contributed by atoms with Gasteiger partial charge in [0, 0.05) is 16.0 Å². The number of amides is 1. The van der Waals surface area contributed by atoms with Crippen molar-refractivity contribution in [1.82, 2.24) is 0 Å². The molecule has 104 valence electrons. The van der Waals surface area contributed by atoms with Crippen LogP contribution in [-0.2, 0) is 5.88 Å². The number of carbonyl (C=O) groups excluding carboxylic acids is 1. The van der Waals surface area contributed by atoms with Crippen LogP contribution in [0.3, 0.4) is 0 Å². The molecule has 2 aromatic carbocycles. The Hall–Kier alpha value is -1.52. The van der Waals surface area contributed by atoms with E-state index in [1.807, 2.05) is 24.3 Å². The summed E-state index contributed by atoms with van der Waals surface area (Å²) >= 11 is 9.21. The molecule has 0 radical (unpaired) electrons. The van der Waals surface area contributed by atoms with Gasteiger partial charge >= 0.3 is 0 Å². The van der Waals surface area contributed by atoms with Crippen LogP contribution in [0.15, 0.2) is 46.9 Å². The van der Waals surface area contributed by atoms with Gasteiger partial charge in [-0.25, -0.2) is 0 Å². The fourth-order valence-electron chi connectivity index (χ4n) is 1.80. The Balaban J connectivity index is 2.28. The number of methoxy groups -OCH3 is 1. The number of anilines is 1. The molecule has 0 fully saturated rings. The summed E-state index contributed by atoms with van der Waals surface area (Å²) in [6.07, 6.45) is 0. The van der Waals surface area contributed by atoms with E-state index in [4.69, 9.17) is 16.3 Å². The van der Waals surface area contributed by atoms with Gasteiger partial charge in [-0.15, -0.1) is 11.6 Å². The minimum Gasteiger partial charge on any atom is -0.496 e. The van der Waals surface area contributed by atoms with Crippen molar-refractivity contribution in [3.05, 3.63) is 58.1 Å². The molecule has 3 nitrogen and oxygen atoms in total. The maximum Gasteiger partial charge on any atom is 0.259 e. The van der Waals surface area contributed by atoms with Gasteiger partial charge < -0.3 is 10.1 Å². The normalized spacial score (nSPS) is 10.2. The van der Waals surface area contributed by atoms with E-state index in [9.17, 15) is 4.79 Å². The van der Waals surface area contributed by atoms with Gasteiger partial charge in [0.25, 0.3) is 5.91 Å². The maximum atomic E-state index is 12.3. The van der Waals surface area contributed by atoms with E-state index in [2.05, 4.69) is 21.2 Å². The number of hydrogen-bond donors (Lipinski definition) is 1. The predicted octanol–water partition coefficient (Wildman–Crippen LogP) is 4.45. The summed E-state index contributed by atoms with van der Waals surface area (Å²) in [6.45, 7) is 0. The van der Waals surface area contributed by atoms with Crippen LogP contribution < -0.4 is 10.1 Å². The molecule has 0 aliphatic heterocycles. The van der Waals surface area contributed by atoms with E-state index in [0.717, 1.165) is 10.0 Å². The number of para-hydroxylation sites is 1. The Morgan fingerprint density at radius 3 is 2.75 bits per heavy atom. The molecule has 0 aliphatic rings. The van der Waals surface area contributed by atoms with E-state index < -0.39 is 0 Å². The number of benzene rings is 2. The minimum atomic E-state index is -0.230. The SMILES string of the molecule is COc1cc(Br)ccc1C(=O)Nc1ccccc1CCl. The van der Waals surface area contributed by atoms with Gasteiger partial charge in [0.1, 0.15) is 5.75 Å². The van der Waals surface area contributed by atoms with Gasteiger partial charge in [0.05, 0.1) is 12.7 Å². The van der Waals surface area contributed by atoms with Crippen molar-refractivity contribution in [1.29, 1.82) is 0 Å². The molecule has 0 atom stereocenters. The Labute approximate surface area is 131 Å². The van der Waals surface area contributed by atoms with Crippen molar-refractivity contribution in [3.63, 3.8) is 0 Å². The Bertz CT molecular complexity index is 631. The van der Waals surface area contributed by atoms with Gasteiger partial charge in [0.2, 0.25) is 0 Å². The smallest absolute Gasteiger partial charge is 0.259 e. The van der Waals surface area contributed by atoms with Crippen LogP contribution in [0.25, 0.3) is 0 Å². The fourth-order valence-corrected chi connectivity index (χ4v) is 2.37. The van der Waals surface area contributed by atoms with Crippen molar-refractivity contribution in [3.8, 4) is 5.75 Å². The number of rotatable bonds is 4. The minimum absolute atomic E-state index is 0.230. The zero-order valence-corrected chi connectivity index (χ0v) is 13.2. The third kappa shape index (κ3) is 3.32. The third-order valence-electron chi connectivity index (χ3n) is 2.82. The molecular formula is C15H13BrClNO2. The highest BCUT2D eigenvalue weighted by Crippen LogP contribution is 2.25. The largest absolute Gasteiger partial charge is 0.496 e. The Morgan fingerprint density at radius 1 is 1.30 bits per heavy atom. The van der Waals surface area contributed by atoms with Gasteiger partial charge in [-0.3, -0.25) is 4.79 Å². The summed E-state index contributed by atoms with van der Waals surface area (Å²) in [5.74, 6) is 0.626. The number of ether oxygens (including phenoxy) is 1. The molecule has 1 N–H and O–H groups in total. The second-order valence-corrected chi connectivity index (χ2v) is 5.27. The van der Waals surface area contributed by atoms with Crippen molar-refractivity contribution in [2.24, 2.45) is 0 Å². The van der Waals surface area contributed by atoms with Gasteiger partial charge in [-0.1, -0.05) is 34.1 Å². The molecule has 0 saturated heterocycles. The molecule has 0 saturated carbocycles. The van der Waals surface area contributed by atoms with E-state index in [1.165, 1.54) is 7.11 Å². The lowest BCUT2D eigenvalue weighted by atomic mass is 10.1. The topological polar surface area (TPSA) is 38.3 Å². The first kappa shape index (κ1) is 14.9. The van der Waals surface area contributed by atoms with E-state index in [-0.39, 0.29) is 5.91 Å². The predicted molar refractivity (Wildman–Crippen MR) is 84.6 cm³/mol. The second kappa shape index (κ2) is 6.77. The molecule has 0 aromatic heterocycles. The lowest BCUT2D eigenvalue weighted by Gasteiger charge is -2.11. The molecule has 5 heteroatoms. The molecule has 0 spiro atoms. The molecule has 2 rings (SSSR count). The lowest BCUT2D eigenvalue weighted by Crippen LogP contribution is -2.14. The number of alkyl halides is 1. The molecule has 20 heavy (non-hydrogen) atoms. The van der Waals surface area contributed by atoms with Crippen LogP contribution in [0.5, 0.6) is 5.75 Å². The van der Waals surface area contributed by atoms with Crippen LogP contribution in [-0.4, -0.2) is 13.0 Å². The van der Waals surface area contributed by atoms with Crippen LogP contribution >= 0.6 is 27.5 Å². The zero-order chi connectivity index (χ0) is 14.5. The maximum absolute atomic E-state index is 12.3. The van der Waals surface area contributed by atoms with Crippen molar-refractivity contribution in [2.75, 3.05) is 12.4 Å². The zero-order valence-electron chi connectivity index (χ0n) is 10.8.